The summed E-state index contributed by atoms with van der Waals surface area (Å²) in [7, 11) is 0. The molecule has 9 atom stereocenters. The Morgan fingerprint density at radius 1 is 0.759 bits per heavy atom. The number of carbonyl (C=O) groups excluding carboxylic acids is 10. The molecule has 0 spiro atoms. The summed E-state index contributed by atoms with van der Waals surface area (Å²) in [4.78, 5) is 133. The number of amides is 11. The number of aliphatic hydroxyl groups excluding tert-OH is 1. The van der Waals surface area contributed by atoms with Crippen LogP contribution in [-0.4, -0.2) is 210 Å². The van der Waals surface area contributed by atoms with Gasteiger partial charge >= 0.3 is 6.03 Å². The standard InChI is InChI=1S/C55H87N17O14S/c1-33(2)25-38-51(80)64-37(14-10-17-60-54(57)58)50(79)66-39(26-34-11-4-3-5-12-34)49(78)61-28-45(75)62-36(48(56)77)13-8-9-19-72-29-35(70-71-72)27-40(52(81)67-41(30-73)53(82)65-38)63-46(76)31-86-24-23-85-22-21-84-20-18-59-44(74)16-7-6-15-43-47-42(32-87-43)68-55(83)69-47/h3-5,11-12,29,33,36-43,47,73H,6-10,13-28,30-32H2,1-2H3,(H2,56,77)(H,59,74)(H,61,78)(H,62,75)(H,63,76)(H,64,80)(H,65,82)(H,66,79)(H,67,81)(H4,57,58,60)(H2,68,69,83)/t36-,37+,38+,39+,40-,41+,42+,43+,47+/m0/s1. The number of nitrogens with one attached hydrogen (secondary N) is 12. The van der Waals surface area contributed by atoms with Crippen LogP contribution < -0.4 is 70.0 Å². The predicted molar refractivity (Wildman–Crippen MR) is 317 cm³/mol. The number of thioether (sulfide) groups is 1. The number of ether oxygens (including phenoxy) is 3. The number of guanidine groups is 1. The number of carbonyl (C=O) groups is 10. The Labute approximate surface area is 509 Å². The van der Waals surface area contributed by atoms with Crippen molar-refractivity contribution >= 4 is 76.9 Å². The van der Waals surface area contributed by atoms with Crippen molar-refractivity contribution in [2.24, 2.45) is 17.4 Å². The van der Waals surface area contributed by atoms with E-state index < -0.39 is 103 Å². The second kappa shape index (κ2) is 37.8. The Balaban J connectivity index is 1.19. The number of hydrogen-bond acceptors (Lipinski definition) is 18. The Kier molecular flexibility index (Phi) is 30.4. The average Bonchev–Trinajstić information content (AvgIpc) is 2.04. The van der Waals surface area contributed by atoms with Crippen molar-refractivity contribution in [3.8, 4) is 0 Å². The van der Waals surface area contributed by atoms with Crippen LogP contribution in [0.2, 0.25) is 0 Å². The number of aryl methyl sites for hydroxylation is 1. The lowest BCUT2D eigenvalue weighted by atomic mass is 10.0. The van der Waals surface area contributed by atoms with Crippen LogP contribution in [0.25, 0.3) is 0 Å². The zero-order valence-electron chi connectivity index (χ0n) is 49.4. The minimum absolute atomic E-state index is 0.0144. The molecule has 2 aromatic rings. The SMILES string of the molecule is CC(C)C[C@H]1NC(=O)[C@@H](CO)NC(=O)[C@@H](NC(=O)COCCOCCOCCNC(=O)CCCC[C@H]2SC[C@H]3NC(=O)N[C@H]32)Cc2cn(nn2)CCCC[C@@H](C(N)=O)NC(=O)CNC(=O)[C@@H](Cc2ccccc2)NC(=O)[C@@H](CCCNC(=N)N)NC1=O. The molecule has 3 aliphatic rings. The fourth-order valence-electron chi connectivity index (χ4n) is 9.71. The first-order valence-electron chi connectivity index (χ1n) is 29.5. The molecule has 17 N–H and O–H groups in total. The monoisotopic (exact) mass is 1240 g/mol. The summed E-state index contributed by atoms with van der Waals surface area (Å²) in [5, 5.41) is 56.2. The lowest BCUT2D eigenvalue weighted by Crippen LogP contribution is -2.60. The van der Waals surface area contributed by atoms with E-state index in [0.29, 0.717) is 36.6 Å². The molecule has 11 amide bonds. The van der Waals surface area contributed by atoms with Gasteiger partial charge in [0, 0.05) is 56.1 Å². The van der Waals surface area contributed by atoms with E-state index >= 15 is 0 Å². The molecule has 2 fully saturated rings. The zero-order chi connectivity index (χ0) is 63.1. The summed E-state index contributed by atoms with van der Waals surface area (Å²) in [6.07, 6.45) is 5.19. The number of primary amides is 1. The Hall–Kier alpha value is -7.68. The van der Waals surface area contributed by atoms with Crippen LogP contribution in [0, 0.1) is 11.3 Å². The molecule has 31 nitrogen and oxygen atoms in total. The van der Waals surface area contributed by atoms with Crippen molar-refractivity contribution in [1.82, 2.24) is 73.5 Å². The van der Waals surface area contributed by atoms with Crippen LogP contribution in [0.3, 0.4) is 0 Å². The summed E-state index contributed by atoms with van der Waals surface area (Å²) in [5.74, 6) is -6.35. The summed E-state index contributed by atoms with van der Waals surface area (Å²) in [5.41, 5.74) is 12.0. The Morgan fingerprint density at radius 3 is 2.17 bits per heavy atom. The highest BCUT2D eigenvalue weighted by atomic mass is 32.2. The fraction of sp³-hybridized carbons (Fsp3) is 0.655. The normalized spacial score (nSPS) is 23.7. The maximum atomic E-state index is 14.2. The largest absolute Gasteiger partial charge is 0.394 e. The molecule has 87 heavy (non-hydrogen) atoms. The zero-order valence-corrected chi connectivity index (χ0v) is 50.2. The van der Waals surface area contributed by atoms with Crippen LogP contribution in [0.4, 0.5) is 4.79 Å². The second-order valence-corrected chi connectivity index (χ2v) is 23.0. The number of aromatic nitrogens is 3. The van der Waals surface area contributed by atoms with Crippen molar-refractivity contribution in [3.63, 3.8) is 0 Å². The Bertz CT molecular complexity index is 2600. The van der Waals surface area contributed by atoms with Gasteiger partial charge in [0.05, 0.1) is 64.0 Å². The van der Waals surface area contributed by atoms with E-state index in [9.17, 15) is 53.1 Å². The number of unbranched alkanes of at least 4 members (excludes halogenated alkanes) is 1. The van der Waals surface area contributed by atoms with E-state index in [4.69, 9.17) is 31.1 Å². The molecular formula is C55H87N17O14S. The molecule has 0 unspecified atom stereocenters. The second-order valence-electron chi connectivity index (χ2n) is 21.8. The van der Waals surface area contributed by atoms with Gasteiger partial charge < -0.3 is 89.3 Å². The van der Waals surface area contributed by atoms with Gasteiger partial charge in [0.15, 0.2) is 5.96 Å². The van der Waals surface area contributed by atoms with Crippen LogP contribution in [0.15, 0.2) is 36.5 Å². The van der Waals surface area contributed by atoms with E-state index in [1.54, 1.807) is 44.2 Å². The molecule has 0 aliphatic carbocycles. The number of aliphatic hydroxyl groups is 1. The van der Waals surface area contributed by atoms with E-state index in [0.717, 1.165) is 25.0 Å². The first kappa shape index (κ1) is 70.1. The molecular weight excluding hydrogens is 1150 g/mol. The van der Waals surface area contributed by atoms with E-state index in [1.807, 2.05) is 11.8 Å². The van der Waals surface area contributed by atoms with Gasteiger partial charge in [-0.15, -0.1) is 5.10 Å². The number of fused-ring (bicyclic) bond motifs is 3. The Morgan fingerprint density at radius 2 is 1.45 bits per heavy atom. The third-order valence-electron chi connectivity index (χ3n) is 14.2. The van der Waals surface area contributed by atoms with Gasteiger partial charge in [-0.3, -0.25) is 53.2 Å². The maximum Gasteiger partial charge on any atom is 0.315 e. The van der Waals surface area contributed by atoms with Gasteiger partial charge in [-0.2, -0.15) is 11.8 Å². The number of hydrogen-bond donors (Lipinski definition) is 15. The van der Waals surface area contributed by atoms with Crippen LogP contribution >= 0.6 is 11.8 Å². The molecule has 482 valence electrons. The van der Waals surface area contributed by atoms with Crippen LogP contribution in [0.1, 0.15) is 89.3 Å². The highest BCUT2D eigenvalue weighted by Gasteiger charge is 2.42. The third-order valence-corrected chi connectivity index (χ3v) is 15.7. The van der Waals surface area contributed by atoms with Crippen LogP contribution in [0.5, 0.6) is 0 Å². The summed E-state index contributed by atoms with van der Waals surface area (Å²) >= 11 is 1.84. The molecule has 1 aromatic heterocycles. The maximum absolute atomic E-state index is 14.2. The first-order valence-corrected chi connectivity index (χ1v) is 30.5. The lowest BCUT2D eigenvalue weighted by Gasteiger charge is -2.27. The minimum atomic E-state index is -1.67. The lowest BCUT2D eigenvalue weighted by molar-refractivity contribution is -0.136. The first-order chi connectivity index (χ1) is 41.8. The van der Waals surface area contributed by atoms with Crippen molar-refractivity contribution in [2.75, 3.05) is 71.6 Å². The predicted octanol–water partition coefficient (Wildman–Crippen LogP) is -4.05. The van der Waals surface area contributed by atoms with Crippen molar-refractivity contribution in [2.45, 2.75) is 151 Å². The van der Waals surface area contributed by atoms with Gasteiger partial charge in [-0.05, 0) is 62.8 Å². The highest BCUT2D eigenvalue weighted by molar-refractivity contribution is 8.00. The number of nitrogens with zero attached hydrogens (tertiary/aromatic N) is 3. The number of urea groups is 1. The van der Waals surface area contributed by atoms with Gasteiger partial charge in [-0.1, -0.05) is 55.8 Å². The molecule has 0 saturated carbocycles. The molecule has 2 saturated heterocycles. The number of benzene rings is 1. The minimum Gasteiger partial charge on any atom is -0.394 e. The van der Waals surface area contributed by atoms with Crippen molar-refractivity contribution in [3.05, 3.63) is 47.8 Å². The topological polar surface area (TPSA) is 458 Å². The van der Waals surface area contributed by atoms with Gasteiger partial charge in [-0.25, -0.2) is 4.79 Å². The molecule has 4 heterocycles. The number of rotatable bonds is 27. The average molecular weight is 1240 g/mol. The van der Waals surface area contributed by atoms with E-state index in [1.165, 1.54) is 10.9 Å². The van der Waals surface area contributed by atoms with Crippen molar-refractivity contribution in [1.29, 1.82) is 5.41 Å². The van der Waals surface area contributed by atoms with E-state index in [-0.39, 0.29) is 126 Å². The quantitative estimate of drug-likeness (QED) is 0.0175. The molecule has 1 aromatic carbocycles. The van der Waals surface area contributed by atoms with Gasteiger partial charge in [0.25, 0.3) is 0 Å². The van der Waals surface area contributed by atoms with Crippen molar-refractivity contribution < 1.29 is 67.3 Å². The number of nitrogens with two attached hydrogens (primary N) is 2. The van der Waals surface area contributed by atoms with E-state index in [2.05, 4.69) is 68.8 Å². The summed E-state index contributed by atoms with van der Waals surface area (Å²) in [6.45, 7) is 2.99. The molecule has 5 rings (SSSR count). The summed E-state index contributed by atoms with van der Waals surface area (Å²) < 4.78 is 18.1. The fourth-order valence-corrected chi connectivity index (χ4v) is 11.3. The summed E-state index contributed by atoms with van der Waals surface area (Å²) in [6, 6.07) is 0.674. The molecule has 32 heteroatoms. The molecule has 2 bridgehead atoms. The highest BCUT2D eigenvalue weighted by Crippen LogP contribution is 2.33. The molecule has 3 aliphatic heterocycles. The van der Waals surface area contributed by atoms with Crippen LogP contribution in [-0.2, 0) is 76.7 Å². The third kappa shape index (κ3) is 26.1. The van der Waals surface area contributed by atoms with Gasteiger partial charge in [0.1, 0.15) is 42.9 Å². The molecule has 0 radical (unpaired) electrons. The van der Waals surface area contributed by atoms with Gasteiger partial charge in [0.2, 0.25) is 53.2 Å². The smallest absolute Gasteiger partial charge is 0.315 e.